The van der Waals surface area contributed by atoms with Crippen LogP contribution in [0.1, 0.15) is 34.5 Å². The van der Waals surface area contributed by atoms with Gasteiger partial charge in [0, 0.05) is 36.3 Å². The maximum absolute atomic E-state index is 13.4. The van der Waals surface area contributed by atoms with E-state index >= 15 is 0 Å². The van der Waals surface area contributed by atoms with E-state index in [-0.39, 0.29) is 35.8 Å². The summed E-state index contributed by atoms with van der Waals surface area (Å²) in [5.41, 5.74) is 0.974. The number of ketones is 1. The van der Waals surface area contributed by atoms with Crippen LogP contribution in [0.25, 0.3) is 0 Å². The van der Waals surface area contributed by atoms with Gasteiger partial charge in [0.25, 0.3) is 5.91 Å². The summed E-state index contributed by atoms with van der Waals surface area (Å²) in [6.45, 7) is -0.133. The third-order valence-electron chi connectivity index (χ3n) is 4.14. The van der Waals surface area contributed by atoms with Gasteiger partial charge in [-0.15, -0.1) is 13.2 Å². The van der Waals surface area contributed by atoms with Gasteiger partial charge in [0.1, 0.15) is 5.78 Å². The number of hydrogen-bond acceptors (Lipinski definition) is 4. The Labute approximate surface area is 157 Å². The predicted molar refractivity (Wildman–Crippen MR) is 89.9 cm³/mol. The number of carbonyl (C=O) groups excluding carboxylic acids is 2. The molecule has 5 nitrogen and oxygen atoms in total. The van der Waals surface area contributed by atoms with Gasteiger partial charge >= 0.3 is 6.36 Å². The number of amides is 1. The lowest BCUT2D eigenvalue weighted by atomic mass is 10.1. The predicted octanol–water partition coefficient (Wildman–Crippen LogP) is 3.57. The van der Waals surface area contributed by atoms with Gasteiger partial charge in [0.2, 0.25) is 0 Å². The van der Waals surface area contributed by atoms with E-state index in [9.17, 15) is 27.2 Å². The van der Waals surface area contributed by atoms with Crippen molar-refractivity contribution in [2.75, 3.05) is 0 Å². The molecule has 1 aliphatic rings. The monoisotopic (exact) mass is 396 g/mol. The highest BCUT2D eigenvalue weighted by atomic mass is 19.4. The van der Waals surface area contributed by atoms with Crippen molar-refractivity contribution in [1.29, 1.82) is 0 Å². The summed E-state index contributed by atoms with van der Waals surface area (Å²) < 4.78 is 53.9. The Kier molecular flexibility index (Phi) is 5.62. The first kappa shape index (κ1) is 19.8. The quantitative estimate of drug-likeness (QED) is 0.727. The number of aromatic nitrogens is 1. The third kappa shape index (κ3) is 5.51. The van der Waals surface area contributed by atoms with Crippen LogP contribution >= 0.6 is 0 Å². The number of ether oxygens (including phenoxy) is 1. The molecule has 1 saturated carbocycles. The maximum Gasteiger partial charge on any atom is 0.573 e. The van der Waals surface area contributed by atoms with Crippen LogP contribution in [0.3, 0.4) is 0 Å². The minimum atomic E-state index is -5.02. The van der Waals surface area contributed by atoms with E-state index in [2.05, 4.69) is 15.0 Å². The summed E-state index contributed by atoms with van der Waals surface area (Å²) in [6.07, 6.45) is -1.68. The molecule has 0 atom stereocenters. The van der Waals surface area contributed by atoms with Gasteiger partial charge in [-0.25, -0.2) is 4.39 Å². The van der Waals surface area contributed by atoms with Crippen molar-refractivity contribution >= 4 is 11.7 Å². The lowest BCUT2D eigenvalue weighted by molar-refractivity contribution is -0.275. The van der Waals surface area contributed by atoms with Crippen LogP contribution in [-0.4, -0.2) is 23.0 Å². The van der Waals surface area contributed by atoms with Crippen LogP contribution in [-0.2, 0) is 17.8 Å². The molecule has 1 amide bonds. The van der Waals surface area contributed by atoms with Crippen LogP contribution in [0.4, 0.5) is 17.6 Å². The molecule has 3 rings (SSSR count). The number of Topliss-reactive ketones (excluding diaryl/α,β-unsaturated/α-hetero) is 1. The fraction of sp³-hybridized carbons (Fsp3) is 0.316. The highest BCUT2D eigenvalue weighted by molar-refractivity contribution is 5.94. The molecule has 1 heterocycles. The van der Waals surface area contributed by atoms with Crippen molar-refractivity contribution in [3.63, 3.8) is 0 Å². The van der Waals surface area contributed by atoms with Crippen LogP contribution < -0.4 is 10.1 Å². The molecule has 0 radical (unpaired) electrons. The molecule has 0 saturated heterocycles. The van der Waals surface area contributed by atoms with Gasteiger partial charge < -0.3 is 10.1 Å². The SMILES string of the molecule is O=C(NCc1ccc(F)c(OC(F)(F)F)c1)c1ccnc(CC(=O)C2CC2)c1. The van der Waals surface area contributed by atoms with Crippen molar-refractivity contribution in [3.05, 3.63) is 59.2 Å². The zero-order chi connectivity index (χ0) is 20.3. The normalized spacial score (nSPS) is 13.9. The van der Waals surface area contributed by atoms with Gasteiger partial charge in [-0.2, -0.15) is 0 Å². The molecule has 9 heteroatoms. The first-order valence-corrected chi connectivity index (χ1v) is 8.51. The summed E-state index contributed by atoms with van der Waals surface area (Å²) in [5.74, 6) is -2.44. The summed E-state index contributed by atoms with van der Waals surface area (Å²) >= 11 is 0. The number of benzene rings is 1. The lowest BCUT2D eigenvalue weighted by Crippen LogP contribution is -2.23. The van der Waals surface area contributed by atoms with Crippen molar-refractivity contribution in [3.8, 4) is 5.75 Å². The summed E-state index contributed by atoms with van der Waals surface area (Å²) in [7, 11) is 0. The third-order valence-corrected chi connectivity index (χ3v) is 4.14. The Bertz CT molecular complexity index is 895. The topological polar surface area (TPSA) is 68.3 Å². The number of nitrogens with one attached hydrogen (secondary N) is 1. The Morgan fingerprint density at radius 2 is 1.93 bits per heavy atom. The second-order valence-corrected chi connectivity index (χ2v) is 6.45. The van der Waals surface area contributed by atoms with Gasteiger partial charge in [-0.3, -0.25) is 14.6 Å². The van der Waals surface area contributed by atoms with Crippen molar-refractivity contribution in [2.45, 2.75) is 32.2 Å². The fourth-order valence-corrected chi connectivity index (χ4v) is 2.59. The first-order valence-electron chi connectivity index (χ1n) is 8.51. The largest absolute Gasteiger partial charge is 0.573 e. The average Bonchev–Trinajstić information content (AvgIpc) is 3.46. The van der Waals surface area contributed by atoms with Crippen LogP contribution in [0.2, 0.25) is 0 Å². The Morgan fingerprint density at radius 3 is 2.61 bits per heavy atom. The average molecular weight is 396 g/mol. The summed E-state index contributed by atoms with van der Waals surface area (Å²) in [6, 6.07) is 5.90. The molecule has 1 aliphatic carbocycles. The number of carbonyl (C=O) groups is 2. The van der Waals surface area contributed by atoms with Gasteiger partial charge in [-0.1, -0.05) is 6.07 Å². The number of hydrogen-bond donors (Lipinski definition) is 1. The van der Waals surface area contributed by atoms with E-state index < -0.39 is 23.8 Å². The minimum Gasteiger partial charge on any atom is -0.403 e. The van der Waals surface area contributed by atoms with E-state index in [0.29, 0.717) is 5.69 Å². The van der Waals surface area contributed by atoms with Crippen molar-refractivity contribution < 1.29 is 31.9 Å². The van der Waals surface area contributed by atoms with E-state index in [1.54, 1.807) is 0 Å². The summed E-state index contributed by atoms with van der Waals surface area (Å²) in [5, 5.41) is 2.53. The van der Waals surface area contributed by atoms with Crippen molar-refractivity contribution in [1.82, 2.24) is 10.3 Å². The fourth-order valence-electron chi connectivity index (χ4n) is 2.59. The van der Waals surface area contributed by atoms with Gasteiger partial charge in [0.15, 0.2) is 11.6 Å². The maximum atomic E-state index is 13.4. The molecular formula is C19H16F4N2O3. The molecule has 28 heavy (non-hydrogen) atoms. The molecule has 1 fully saturated rings. The second-order valence-electron chi connectivity index (χ2n) is 6.45. The Morgan fingerprint density at radius 1 is 1.18 bits per heavy atom. The molecule has 0 aliphatic heterocycles. The Hall–Kier alpha value is -2.97. The van der Waals surface area contributed by atoms with E-state index in [1.165, 1.54) is 24.4 Å². The number of nitrogens with zero attached hydrogens (tertiary/aromatic N) is 1. The van der Waals surface area contributed by atoms with Gasteiger partial charge in [-0.05, 0) is 42.7 Å². The van der Waals surface area contributed by atoms with E-state index in [4.69, 9.17) is 0 Å². The zero-order valence-corrected chi connectivity index (χ0v) is 14.6. The molecule has 0 bridgehead atoms. The van der Waals surface area contributed by atoms with E-state index in [0.717, 1.165) is 25.0 Å². The van der Waals surface area contributed by atoms with E-state index in [1.807, 2.05) is 0 Å². The molecule has 0 unspecified atom stereocenters. The lowest BCUT2D eigenvalue weighted by Gasteiger charge is -2.12. The molecule has 1 aromatic heterocycles. The highest BCUT2D eigenvalue weighted by Gasteiger charge is 2.32. The summed E-state index contributed by atoms with van der Waals surface area (Å²) in [4.78, 5) is 28.2. The molecular weight excluding hydrogens is 380 g/mol. The molecule has 1 aromatic carbocycles. The minimum absolute atomic E-state index is 0.0888. The number of halogens is 4. The number of alkyl halides is 3. The number of pyridine rings is 1. The van der Waals surface area contributed by atoms with Crippen LogP contribution in [0.5, 0.6) is 5.75 Å². The molecule has 148 valence electrons. The Balaban J connectivity index is 1.62. The molecule has 1 N–H and O–H groups in total. The van der Waals surface area contributed by atoms with Crippen LogP contribution in [0.15, 0.2) is 36.5 Å². The second kappa shape index (κ2) is 7.95. The van der Waals surface area contributed by atoms with Crippen molar-refractivity contribution in [2.24, 2.45) is 5.92 Å². The molecule has 2 aromatic rings. The molecule has 0 spiro atoms. The van der Waals surface area contributed by atoms with Gasteiger partial charge in [0.05, 0.1) is 0 Å². The van der Waals surface area contributed by atoms with Crippen LogP contribution in [0, 0.1) is 11.7 Å². The zero-order valence-electron chi connectivity index (χ0n) is 14.6. The highest BCUT2D eigenvalue weighted by Crippen LogP contribution is 2.30. The smallest absolute Gasteiger partial charge is 0.403 e. The number of rotatable bonds is 7. The first-order chi connectivity index (χ1) is 13.2. The standard InChI is InChI=1S/C19H16F4N2O3/c20-15-4-1-11(7-17(15)28-19(21,22)23)10-25-18(27)13-5-6-24-14(8-13)9-16(26)12-2-3-12/h1,4-8,12H,2-3,9-10H2,(H,25,27).